The molecule has 3 aromatic rings. The lowest BCUT2D eigenvalue weighted by molar-refractivity contribution is 0.191. The Morgan fingerprint density at radius 2 is 1.78 bits per heavy atom. The summed E-state index contributed by atoms with van der Waals surface area (Å²) < 4.78 is 0. The van der Waals surface area contributed by atoms with Crippen molar-refractivity contribution in [3.63, 3.8) is 0 Å². The van der Waals surface area contributed by atoms with Crippen LogP contribution in [0.15, 0.2) is 67.0 Å². The van der Waals surface area contributed by atoms with Gasteiger partial charge in [0.25, 0.3) is 5.54 Å². The minimum atomic E-state index is -0.611. The average Bonchev–Trinajstić information content (AvgIpc) is 2.73. The summed E-state index contributed by atoms with van der Waals surface area (Å²) in [6.45, 7) is 11.5. The Balaban J connectivity index is 1.71. The third-order valence-electron chi connectivity index (χ3n) is 4.49. The lowest BCUT2D eigenvalue weighted by Gasteiger charge is -2.13. The largest absolute Gasteiger partial charge is 0.387 e. The predicted molar refractivity (Wildman–Crippen MR) is 107 cm³/mol. The fraction of sp³-hybridized carbons (Fsp3) is 0.227. The van der Waals surface area contributed by atoms with E-state index in [1.54, 1.807) is 0 Å². The van der Waals surface area contributed by atoms with Crippen LogP contribution in [0.1, 0.15) is 31.1 Å². The summed E-state index contributed by atoms with van der Waals surface area (Å²) in [4.78, 5) is 12.2. The molecule has 0 aliphatic heterocycles. The van der Waals surface area contributed by atoms with Crippen molar-refractivity contribution in [3.05, 3.63) is 89.5 Å². The molecule has 5 nitrogen and oxygen atoms in total. The number of hydrogen-bond acceptors (Lipinski definition) is 4. The molecule has 3 rings (SSSR count). The topological polar surface area (TPSA) is 62.4 Å². The molecule has 0 saturated heterocycles. The highest BCUT2D eigenvalue weighted by Gasteiger charge is 2.25. The van der Waals surface area contributed by atoms with Crippen LogP contribution >= 0.6 is 0 Å². The van der Waals surface area contributed by atoms with Crippen LogP contribution in [-0.4, -0.2) is 21.6 Å². The van der Waals surface area contributed by atoms with E-state index in [1.807, 2.05) is 74.5 Å². The van der Waals surface area contributed by atoms with Gasteiger partial charge in [-0.2, -0.15) is 0 Å². The molecule has 0 radical (unpaired) electrons. The third-order valence-corrected chi connectivity index (χ3v) is 4.49. The normalized spacial score (nSPS) is 12.2. The van der Waals surface area contributed by atoms with Gasteiger partial charge >= 0.3 is 0 Å². The van der Waals surface area contributed by atoms with Gasteiger partial charge in [-0.05, 0) is 5.56 Å². The molecule has 0 aliphatic rings. The molecule has 2 aromatic carbocycles. The smallest absolute Gasteiger partial charge is 0.252 e. The van der Waals surface area contributed by atoms with Crippen molar-refractivity contribution in [1.82, 2.24) is 9.97 Å². The van der Waals surface area contributed by atoms with Crippen molar-refractivity contribution in [2.75, 3.05) is 11.9 Å². The molecule has 5 heteroatoms. The zero-order chi connectivity index (χ0) is 19.3. The molecule has 136 valence electrons. The third kappa shape index (κ3) is 4.49. The highest BCUT2D eigenvalue weighted by atomic mass is 16.3. The summed E-state index contributed by atoms with van der Waals surface area (Å²) in [5.41, 5.74) is 3.03. The van der Waals surface area contributed by atoms with Crippen LogP contribution in [0.3, 0.4) is 0 Å². The quantitative estimate of drug-likeness (QED) is 0.639. The molecule has 0 amide bonds. The minimum absolute atomic E-state index is 0.360. The van der Waals surface area contributed by atoms with Crippen molar-refractivity contribution in [2.24, 2.45) is 0 Å². The Kier molecular flexibility index (Phi) is 5.49. The van der Waals surface area contributed by atoms with E-state index in [2.05, 4.69) is 20.1 Å². The first kappa shape index (κ1) is 18.6. The first-order valence-electron chi connectivity index (χ1n) is 8.78. The molecule has 1 atom stereocenters. The van der Waals surface area contributed by atoms with Gasteiger partial charge in [0.1, 0.15) is 12.1 Å². The second kappa shape index (κ2) is 7.98. The van der Waals surface area contributed by atoms with E-state index in [0.717, 1.165) is 22.4 Å². The number of nitrogens with one attached hydrogen (secondary N) is 1. The van der Waals surface area contributed by atoms with Crippen LogP contribution in [-0.2, 0) is 5.54 Å². The number of aromatic nitrogens is 2. The number of rotatable bonds is 6. The summed E-state index contributed by atoms with van der Waals surface area (Å²) in [5.74, 6) is 0.653. The Morgan fingerprint density at radius 3 is 2.44 bits per heavy atom. The molecule has 0 unspecified atom stereocenters. The molecule has 1 aromatic heterocycles. The van der Waals surface area contributed by atoms with Crippen LogP contribution < -0.4 is 5.32 Å². The Bertz CT molecular complexity index is 931. The Morgan fingerprint density at radius 1 is 1.07 bits per heavy atom. The van der Waals surface area contributed by atoms with E-state index in [0.29, 0.717) is 12.4 Å². The van der Waals surface area contributed by atoms with Gasteiger partial charge in [0.05, 0.1) is 11.8 Å². The maximum atomic E-state index is 10.3. The zero-order valence-electron chi connectivity index (χ0n) is 15.4. The molecule has 0 fully saturated rings. The molecular formula is C22H22N4O. The molecule has 0 bridgehead atoms. The predicted octanol–water partition coefficient (Wildman–Crippen LogP) is 4.44. The van der Waals surface area contributed by atoms with Crippen LogP contribution in [0.25, 0.3) is 16.1 Å². The number of hydrogen-bond donors (Lipinski definition) is 2. The van der Waals surface area contributed by atoms with Gasteiger partial charge in [-0.25, -0.2) is 16.5 Å². The van der Waals surface area contributed by atoms with E-state index < -0.39 is 11.6 Å². The van der Waals surface area contributed by atoms with E-state index in [-0.39, 0.29) is 0 Å². The molecule has 0 aliphatic carbocycles. The van der Waals surface area contributed by atoms with Gasteiger partial charge < -0.3 is 15.3 Å². The van der Waals surface area contributed by atoms with Crippen molar-refractivity contribution in [1.29, 1.82) is 0 Å². The fourth-order valence-corrected chi connectivity index (χ4v) is 2.72. The highest BCUT2D eigenvalue weighted by molar-refractivity contribution is 5.62. The molecule has 1 heterocycles. The summed E-state index contributed by atoms with van der Waals surface area (Å²) in [5, 5.41) is 13.4. The summed E-state index contributed by atoms with van der Waals surface area (Å²) >= 11 is 0. The monoisotopic (exact) mass is 358 g/mol. The average molecular weight is 358 g/mol. The van der Waals surface area contributed by atoms with E-state index >= 15 is 0 Å². The van der Waals surface area contributed by atoms with E-state index in [4.69, 9.17) is 6.57 Å². The van der Waals surface area contributed by atoms with Gasteiger partial charge in [-0.3, -0.25) is 0 Å². The first-order valence-corrected chi connectivity index (χ1v) is 8.78. The van der Waals surface area contributed by atoms with Gasteiger partial charge in [0, 0.05) is 37.6 Å². The highest BCUT2D eigenvalue weighted by Crippen LogP contribution is 2.27. The standard InChI is InChI=1S/C22H22N4O/c1-22(2,23-3)18-11-9-16(10-12-18)19-13-21(26-15-25-19)24-14-20(27)17-7-5-4-6-8-17/h4-13,15,20,27H,14H2,1-2H3,(H,24,25,26)/t20-/m0/s1. The van der Waals surface area contributed by atoms with Crippen molar-refractivity contribution < 1.29 is 5.11 Å². The van der Waals surface area contributed by atoms with Crippen LogP contribution in [0.2, 0.25) is 0 Å². The first-order chi connectivity index (χ1) is 13.0. The van der Waals surface area contributed by atoms with Crippen molar-refractivity contribution >= 4 is 5.82 Å². The SMILES string of the molecule is [C-]#[N+]C(C)(C)c1ccc(-c2cc(NC[C@H](O)c3ccccc3)ncn2)cc1. The zero-order valence-corrected chi connectivity index (χ0v) is 15.4. The van der Waals surface area contributed by atoms with Gasteiger partial charge in [-0.1, -0.05) is 54.6 Å². The molecular weight excluding hydrogens is 336 g/mol. The lowest BCUT2D eigenvalue weighted by atomic mass is 9.94. The summed E-state index contributed by atoms with van der Waals surface area (Å²) in [6.07, 6.45) is 0.892. The van der Waals surface area contributed by atoms with E-state index in [1.165, 1.54) is 6.33 Å². The summed E-state index contributed by atoms with van der Waals surface area (Å²) in [7, 11) is 0. The molecule has 0 spiro atoms. The second-order valence-corrected chi connectivity index (χ2v) is 6.84. The van der Waals surface area contributed by atoms with Crippen molar-refractivity contribution in [2.45, 2.75) is 25.5 Å². The van der Waals surface area contributed by atoms with Crippen molar-refractivity contribution in [3.8, 4) is 11.3 Å². The van der Waals surface area contributed by atoms with Crippen LogP contribution in [0.5, 0.6) is 0 Å². The van der Waals surface area contributed by atoms with Gasteiger partial charge in [-0.15, -0.1) is 0 Å². The van der Waals surface area contributed by atoms with Gasteiger partial charge in [0.2, 0.25) is 0 Å². The minimum Gasteiger partial charge on any atom is -0.387 e. The number of aliphatic hydroxyl groups excluding tert-OH is 1. The summed E-state index contributed by atoms with van der Waals surface area (Å²) in [6, 6.07) is 19.2. The maximum Gasteiger partial charge on any atom is 0.252 e. The molecule has 27 heavy (non-hydrogen) atoms. The van der Waals surface area contributed by atoms with Crippen LogP contribution in [0, 0.1) is 6.57 Å². The number of nitrogens with zero attached hydrogens (tertiary/aromatic N) is 3. The Hall–Kier alpha value is -3.23. The molecule has 2 N–H and O–H groups in total. The lowest BCUT2D eigenvalue weighted by Crippen LogP contribution is -2.13. The second-order valence-electron chi connectivity index (χ2n) is 6.84. The van der Waals surface area contributed by atoms with E-state index in [9.17, 15) is 5.11 Å². The van der Waals surface area contributed by atoms with Crippen LogP contribution in [0.4, 0.5) is 5.82 Å². The number of benzene rings is 2. The Labute approximate surface area is 159 Å². The molecule has 0 saturated carbocycles. The number of aliphatic hydroxyl groups is 1. The number of anilines is 1. The van der Waals surface area contributed by atoms with Gasteiger partial charge in [0.15, 0.2) is 0 Å². The maximum absolute atomic E-state index is 10.3. The fourth-order valence-electron chi connectivity index (χ4n) is 2.72.